The molecule has 5 heteroatoms. The maximum atomic E-state index is 6.18. The number of allylic oxidation sites excluding steroid dienone is 4. The van der Waals surface area contributed by atoms with Crippen LogP contribution in [0, 0.1) is 0 Å². The molecule has 0 N–H and O–H groups in total. The molecule has 8 aromatic rings. The maximum absolute atomic E-state index is 6.18. The summed E-state index contributed by atoms with van der Waals surface area (Å²) in [5, 5.41) is 4.92. The molecule has 0 aliphatic heterocycles. The molecule has 50 heavy (non-hydrogen) atoms. The standard InChI is InChI=1S/C45H31N3OS/c1-2-9-28(10-3-1)31-11-8-12-33(25-31)44-46-43(47-45(48-44)34-22-24-38-37-14-5-7-16-41(37)50-42(38)27-34)30-19-17-29(18-20-30)32-21-23-36-35-13-4-6-15-39(35)49-40(36)26-32/h2,4-21,23-27,34H,1,3,22H2. The fraction of sp³-hybridized carbons (Fsp3) is 0.0889. The van der Waals surface area contributed by atoms with Gasteiger partial charge >= 0.3 is 0 Å². The first-order valence-electron chi connectivity index (χ1n) is 17.2. The van der Waals surface area contributed by atoms with Crippen LogP contribution in [0.25, 0.3) is 83.7 Å². The Hall–Kier alpha value is -5.91. The molecular formula is C45H31N3OS. The van der Waals surface area contributed by atoms with Crippen LogP contribution in [0.3, 0.4) is 0 Å². The second-order valence-corrected chi connectivity index (χ2v) is 14.1. The van der Waals surface area contributed by atoms with Gasteiger partial charge < -0.3 is 4.42 Å². The zero-order valence-electron chi connectivity index (χ0n) is 27.2. The van der Waals surface area contributed by atoms with Crippen molar-refractivity contribution in [3.8, 4) is 33.9 Å². The smallest absolute Gasteiger partial charge is 0.163 e. The average molecular weight is 662 g/mol. The Morgan fingerprint density at radius 1 is 0.580 bits per heavy atom. The summed E-state index contributed by atoms with van der Waals surface area (Å²) in [6, 6.07) is 40.4. The highest BCUT2D eigenvalue weighted by Crippen LogP contribution is 2.34. The summed E-state index contributed by atoms with van der Waals surface area (Å²) >= 11 is 1.84. The quantitative estimate of drug-likeness (QED) is 0.184. The number of aromatic nitrogens is 3. The number of nitrogens with zero attached hydrogens (tertiary/aromatic N) is 3. The van der Waals surface area contributed by atoms with Crippen LogP contribution < -0.4 is 9.75 Å². The minimum atomic E-state index is 0.0537. The van der Waals surface area contributed by atoms with E-state index in [4.69, 9.17) is 19.4 Å². The number of furan rings is 1. The summed E-state index contributed by atoms with van der Waals surface area (Å²) in [5.74, 6) is 2.23. The van der Waals surface area contributed by atoms with E-state index in [9.17, 15) is 0 Å². The predicted octanol–water partition coefficient (Wildman–Crippen LogP) is 10.5. The molecule has 3 aromatic heterocycles. The van der Waals surface area contributed by atoms with E-state index in [-0.39, 0.29) is 5.92 Å². The van der Waals surface area contributed by atoms with Crippen molar-refractivity contribution in [2.45, 2.75) is 25.2 Å². The van der Waals surface area contributed by atoms with E-state index in [1.165, 1.54) is 31.0 Å². The predicted molar refractivity (Wildman–Crippen MR) is 207 cm³/mol. The summed E-state index contributed by atoms with van der Waals surface area (Å²) in [5.41, 5.74) is 8.39. The Kier molecular flexibility index (Phi) is 6.91. The average Bonchev–Trinajstić information content (AvgIpc) is 3.76. The van der Waals surface area contributed by atoms with Crippen LogP contribution >= 0.6 is 11.3 Å². The highest BCUT2D eigenvalue weighted by Gasteiger charge is 2.20. The van der Waals surface area contributed by atoms with E-state index in [0.717, 1.165) is 69.3 Å². The molecule has 2 aliphatic carbocycles. The number of hydrogen-bond acceptors (Lipinski definition) is 5. The highest BCUT2D eigenvalue weighted by molar-refractivity contribution is 7.17. The minimum absolute atomic E-state index is 0.0537. The second-order valence-electron chi connectivity index (χ2n) is 13.0. The van der Waals surface area contributed by atoms with Crippen molar-refractivity contribution in [2.75, 3.05) is 0 Å². The van der Waals surface area contributed by atoms with Crippen LogP contribution in [0.1, 0.15) is 36.6 Å². The summed E-state index contributed by atoms with van der Waals surface area (Å²) in [4.78, 5) is 15.4. The SMILES string of the molecule is C1=CC(c2cccc(-c3nc(-c4ccc(-c5ccc6c(c5)oc5ccccc56)cc4)nc(C4C=c5sc6ccccc6c5=CC4)n3)c2)=CCC1. The number of hydrogen-bond donors (Lipinski definition) is 0. The topological polar surface area (TPSA) is 51.8 Å². The van der Waals surface area contributed by atoms with Crippen LogP contribution in [0.15, 0.2) is 138 Å². The fourth-order valence-corrected chi connectivity index (χ4v) is 8.50. The van der Waals surface area contributed by atoms with Gasteiger partial charge in [0.05, 0.1) is 0 Å². The molecule has 4 nitrogen and oxygen atoms in total. The lowest BCUT2D eigenvalue weighted by Crippen LogP contribution is -2.24. The molecule has 0 radical (unpaired) electrons. The maximum Gasteiger partial charge on any atom is 0.163 e. The van der Waals surface area contributed by atoms with Crippen LogP contribution in [0.2, 0.25) is 0 Å². The van der Waals surface area contributed by atoms with Crippen LogP contribution in [-0.2, 0) is 0 Å². The molecule has 238 valence electrons. The first kappa shape index (κ1) is 29.0. The lowest BCUT2D eigenvalue weighted by atomic mass is 9.97. The van der Waals surface area contributed by atoms with Crippen molar-refractivity contribution in [1.82, 2.24) is 15.0 Å². The van der Waals surface area contributed by atoms with Gasteiger partial charge in [0, 0.05) is 37.0 Å². The highest BCUT2D eigenvalue weighted by atomic mass is 32.1. The van der Waals surface area contributed by atoms with Gasteiger partial charge in [-0.1, -0.05) is 115 Å². The van der Waals surface area contributed by atoms with Crippen molar-refractivity contribution in [3.05, 3.63) is 155 Å². The molecule has 3 heterocycles. The minimum Gasteiger partial charge on any atom is -0.456 e. The van der Waals surface area contributed by atoms with Crippen molar-refractivity contribution < 1.29 is 4.42 Å². The van der Waals surface area contributed by atoms with Crippen LogP contribution in [0.5, 0.6) is 0 Å². The fourth-order valence-electron chi connectivity index (χ4n) is 7.29. The molecule has 0 saturated heterocycles. The van der Waals surface area contributed by atoms with Gasteiger partial charge in [-0.3, -0.25) is 0 Å². The first-order chi connectivity index (χ1) is 24.7. The molecule has 0 saturated carbocycles. The first-order valence-corrected chi connectivity index (χ1v) is 18.0. The van der Waals surface area contributed by atoms with Gasteiger partial charge in [0.15, 0.2) is 11.6 Å². The molecule has 5 aromatic carbocycles. The van der Waals surface area contributed by atoms with E-state index in [1.807, 2.05) is 23.5 Å². The Bertz CT molecular complexity index is 2800. The summed E-state index contributed by atoms with van der Waals surface area (Å²) in [7, 11) is 0. The third-order valence-corrected chi connectivity index (χ3v) is 11.0. The molecule has 1 unspecified atom stereocenters. The van der Waals surface area contributed by atoms with Gasteiger partial charge in [0.25, 0.3) is 0 Å². The Morgan fingerprint density at radius 3 is 2.22 bits per heavy atom. The molecule has 0 fully saturated rings. The summed E-state index contributed by atoms with van der Waals surface area (Å²) in [6.45, 7) is 0. The number of rotatable bonds is 5. The normalized spacial score (nSPS) is 15.5. The second kappa shape index (κ2) is 11.9. The lowest BCUT2D eigenvalue weighted by Gasteiger charge is -2.15. The molecular weight excluding hydrogens is 631 g/mol. The van der Waals surface area contributed by atoms with E-state index in [0.29, 0.717) is 11.6 Å². The monoisotopic (exact) mass is 661 g/mol. The van der Waals surface area contributed by atoms with Crippen molar-refractivity contribution in [2.24, 2.45) is 0 Å². The van der Waals surface area contributed by atoms with Gasteiger partial charge in [-0.25, -0.2) is 15.0 Å². The molecule has 1 atom stereocenters. The molecule has 0 spiro atoms. The molecule has 10 rings (SSSR count). The molecule has 0 amide bonds. The Balaban J connectivity index is 1.06. The van der Waals surface area contributed by atoms with Gasteiger partial charge in [-0.05, 0) is 82.5 Å². The summed E-state index contributed by atoms with van der Waals surface area (Å²) < 4.78 is 8.78. The van der Waals surface area contributed by atoms with Crippen molar-refractivity contribution in [3.63, 3.8) is 0 Å². The van der Waals surface area contributed by atoms with E-state index in [2.05, 4.69) is 134 Å². The van der Waals surface area contributed by atoms with Crippen LogP contribution in [0.4, 0.5) is 0 Å². The van der Waals surface area contributed by atoms with E-state index >= 15 is 0 Å². The van der Waals surface area contributed by atoms with Gasteiger partial charge in [0.2, 0.25) is 0 Å². The Labute approximate surface area is 293 Å². The molecule has 2 aliphatic rings. The van der Waals surface area contributed by atoms with Gasteiger partial charge in [-0.2, -0.15) is 0 Å². The summed E-state index contributed by atoms with van der Waals surface area (Å²) in [6.07, 6.45) is 14.5. The third kappa shape index (κ3) is 5.10. The van der Waals surface area contributed by atoms with Crippen molar-refractivity contribution in [1.29, 1.82) is 0 Å². The van der Waals surface area contributed by atoms with E-state index < -0.39 is 0 Å². The Morgan fingerprint density at radius 2 is 1.34 bits per heavy atom. The number of fused-ring (bicyclic) bond motifs is 6. The number of para-hydroxylation sites is 1. The lowest BCUT2D eigenvalue weighted by molar-refractivity contribution is 0.669. The number of benzene rings is 5. The van der Waals surface area contributed by atoms with Crippen LogP contribution in [-0.4, -0.2) is 15.0 Å². The van der Waals surface area contributed by atoms with Gasteiger partial charge in [-0.15, -0.1) is 11.3 Å². The zero-order valence-corrected chi connectivity index (χ0v) is 28.0. The number of thiophene rings is 1. The zero-order chi connectivity index (χ0) is 33.0. The van der Waals surface area contributed by atoms with Crippen molar-refractivity contribution >= 4 is 61.1 Å². The third-order valence-electron chi connectivity index (χ3n) is 9.88. The van der Waals surface area contributed by atoms with Gasteiger partial charge in [0.1, 0.15) is 17.0 Å². The molecule has 0 bridgehead atoms. The largest absolute Gasteiger partial charge is 0.456 e. The van der Waals surface area contributed by atoms with E-state index in [1.54, 1.807) is 0 Å².